The number of rotatable bonds is 2. The second-order valence-electron chi connectivity index (χ2n) is 4.96. The van der Waals surface area contributed by atoms with Gasteiger partial charge in [0.25, 0.3) is 0 Å². The van der Waals surface area contributed by atoms with Crippen LogP contribution in [0.25, 0.3) is 0 Å². The van der Waals surface area contributed by atoms with Crippen LogP contribution in [0.3, 0.4) is 0 Å². The summed E-state index contributed by atoms with van der Waals surface area (Å²) >= 11 is 0. The van der Waals surface area contributed by atoms with Crippen LogP contribution in [-0.4, -0.2) is 26.1 Å². The van der Waals surface area contributed by atoms with E-state index in [0.717, 1.165) is 16.8 Å². The third kappa shape index (κ3) is 3.04. The molecule has 0 aromatic heterocycles. The Morgan fingerprint density at radius 3 is 2.21 bits per heavy atom. The minimum Gasteiger partial charge on any atom is -0.305 e. The third-order valence-corrected chi connectivity index (χ3v) is 4.44. The monoisotopic (exact) mass is 279 g/mol. The molecule has 0 spiro atoms. The quantitative estimate of drug-likeness (QED) is 0.831. The number of carbonyl (C=O) groups is 1. The van der Waals surface area contributed by atoms with E-state index in [1.165, 1.54) is 12.3 Å². The molecular formula is C14H17NO3S. The van der Waals surface area contributed by atoms with Crippen LogP contribution in [0.2, 0.25) is 0 Å². The average Bonchev–Trinajstić information content (AvgIpc) is 2.56. The average molecular weight is 279 g/mol. The Morgan fingerprint density at radius 2 is 1.79 bits per heavy atom. The van der Waals surface area contributed by atoms with E-state index in [9.17, 15) is 13.2 Å². The molecule has 1 aliphatic heterocycles. The van der Waals surface area contributed by atoms with E-state index in [4.69, 9.17) is 0 Å². The van der Waals surface area contributed by atoms with Crippen molar-refractivity contribution in [2.24, 2.45) is 0 Å². The summed E-state index contributed by atoms with van der Waals surface area (Å²) in [5, 5.41) is 1.19. The van der Waals surface area contributed by atoms with Crippen molar-refractivity contribution >= 4 is 21.4 Å². The zero-order chi connectivity index (χ0) is 14.2. The zero-order valence-electron chi connectivity index (χ0n) is 11.3. The lowest BCUT2D eigenvalue weighted by atomic mass is 10.1. The molecule has 102 valence electrons. The van der Waals surface area contributed by atoms with Crippen LogP contribution < -0.4 is 4.90 Å². The maximum Gasteiger partial charge on any atom is 0.224 e. The lowest BCUT2D eigenvalue weighted by Gasteiger charge is -2.27. The number of nitrogens with zero attached hydrogens (tertiary/aromatic N) is 1. The highest BCUT2D eigenvalue weighted by Crippen LogP contribution is 2.25. The molecule has 0 fully saturated rings. The van der Waals surface area contributed by atoms with Gasteiger partial charge in [0.15, 0.2) is 9.84 Å². The second-order valence-corrected chi connectivity index (χ2v) is 6.89. The van der Waals surface area contributed by atoms with Crippen molar-refractivity contribution in [3.8, 4) is 0 Å². The molecular weight excluding hydrogens is 262 g/mol. The highest BCUT2D eigenvalue weighted by Gasteiger charge is 2.29. The first-order valence-corrected chi connectivity index (χ1v) is 7.79. The number of amides is 1. The van der Waals surface area contributed by atoms with Crippen LogP contribution in [-0.2, 0) is 14.6 Å². The molecule has 19 heavy (non-hydrogen) atoms. The largest absolute Gasteiger partial charge is 0.305 e. The van der Waals surface area contributed by atoms with Crippen molar-refractivity contribution in [2.75, 3.05) is 10.7 Å². The van der Waals surface area contributed by atoms with Gasteiger partial charge in [0.05, 0.1) is 11.8 Å². The minimum atomic E-state index is -3.18. The summed E-state index contributed by atoms with van der Waals surface area (Å²) in [5.74, 6) is -0.198. The molecule has 4 nitrogen and oxygen atoms in total. The molecule has 5 heteroatoms. The zero-order valence-corrected chi connectivity index (χ0v) is 12.1. The van der Waals surface area contributed by atoms with Gasteiger partial charge in [0.1, 0.15) is 0 Å². The molecule has 1 atom stereocenters. The lowest BCUT2D eigenvalue weighted by Crippen LogP contribution is -2.39. The molecule has 1 amide bonds. The molecule has 0 N–H and O–H groups in total. The number of sulfone groups is 1. The summed E-state index contributed by atoms with van der Waals surface area (Å²) in [6.45, 7) is 5.36. The van der Waals surface area contributed by atoms with E-state index < -0.39 is 15.9 Å². The fourth-order valence-corrected chi connectivity index (χ4v) is 3.68. The minimum absolute atomic E-state index is 0.0421. The van der Waals surface area contributed by atoms with Gasteiger partial charge in [-0.3, -0.25) is 4.79 Å². The summed E-state index contributed by atoms with van der Waals surface area (Å²) < 4.78 is 23.0. The highest BCUT2D eigenvalue weighted by molar-refractivity contribution is 7.94. The van der Waals surface area contributed by atoms with Crippen LogP contribution in [0.1, 0.15) is 18.1 Å². The van der Waals surface area contributed by atoms with E-state index in [1.54, 1.807) is 11.0 Å². The third-order valence-electron chi connectivity index (χ3n) is 3.07. The van der Waals surface area contributed by atoms with Crippen LogP contribution in [0.4, 0.5) is 5.69 Å². The number of hydrogen-bond acceptors (Lipinski definition) is 3. The number of anilines is 1. The maximum atomic E-state index is 11.9. The predicted molar refractivity (Wildman–Crippen MR) is 75.8 cm³/mol. The highest BCUT2D eigenvalue weighted by atomic mass is 32.2. The van der Waals surface area contributed by atoms with Crippen molar-refractivity contribution in [3.63, 3.8) is 0 Å². The van der Waals surface area contributed by atoms with Crippen LogP contribution in [0.5, 0.6) is 0 Å². The summed E-state index contributed by atoms with van der Waals surface area (Å²) in [6.07, 6.45) is 1.58. The Labute approximate surface area is 113 Å². The van der Waals surface area contributed by atoms with Crippen LogP contribution in [0.15, 0.2) is 29.7 Å². The van der Waals surface area contributed by atoms with E-state index in [0.29, 0.717) is 0 Å². The molecule has 0 aliphatic carbocycles. The van der Waals surface area contributed by atoms with Gasteiger partial charge >= 0.3 is 0 Å². The van der Waals surface area contributed by atoms with E-state index in [1.807, 2.05) is 32.0 Å². The van der Waals surface area contributed by atoms with Crippen molar-refractivity contribution in [1.29, 1.82) is 0 Å². The SMILES string of the molecule is CC(=O)N(c1cc(C)cc(C)c1)[C@@H]1C=CS(=O)(=O)C1. The molecule has 0 bridgehead atoms. The molecule has 0 radical (unpaired) electrons. The van der Waals surface area contributed by atoms with Gasteiger partial charge in [-0.25, -0.2) is 8.42 Å². The molecule has 2 rings (SSSR count). The predicted octanol–water partition coefficient (Wildman–Crippen LogP) is 1.97. The van der Waals surface area contributed by atoms with E-state index in [2.05, 4.69) is 0 Å². The van der Waals surface area contributed by atoms with Crippen molar-refractivity contribution in [2.45, 2.75) is 26.8 Å². The van der Waals surface area contributed by atoms with E-state index in [-0.39, 0.29) is 11.7 Å². The fraction of sp³-hybridized carbons (Fsp3) is 0.357. The van der Waals surface area contributed by atoms with Crippen molar-refractivity contribution < 1.29 is 13.2 Å². The van der Waals surface area contributed by atoms with E-state index >= 15 is 0 Å². The molecule has 1 aromatic carbocycles. The second kappa shape index (κ2) is 4.81. The first-order chi connectivity index (χ1) is 8.78. The molecule has 0 saturated heterocycles. The molecule has 1 heterocycles. The van der Waals surface area contributed by atoms with Gasteiger partial charge in [-0.1, -0.05) is 6.07 Å². The summed E-state index contributed by atoms with van der Waals surface area (Å²) in [4.78, 5) is 13.4. The first-order valence-electron chi connectivity index (χ1n) is 6.07. The van der Waals surface area contributed by atoms with Gasteiger partial charge < -0.3 is 4.90 Å². The number of aryl methyl sites for hydroxylation is 2. The molecule has 0 unspecified atom stereocenters. The van der Waals surface area contributed by atoms with Gasteiger partial charge in [0, 0.05) is 18.0 Å². The summed E-state index contributed by atoms with van der Waals surface area (Å²) in [5.41, 5.74) is 2.84. The first kappa shape index (κ1) is 13.8. The van der Waals surface area contributed by atoms with Gasteiger partial charge in [0.2, 0.25) is 5.91 Å². The van der Waals surface area contributed by atoms with Gasteiger partial charge in [-0.15, -0.1) is 0 Å². The standard InChI is InChI=1S/C14H17NO3S/c1-10-6-11(2)8-14(7-10)15(12(3)16)13-4-5-19(17,18)9-13/h4-8,13H,9H2,1-3H3/t13-/m1/s1. The van der Waals surface area contributed by atoms with Crippen molar-refractivity contribution in [1.82, 2.24) is 0 Å². The van der Waals surface area contributed by atoms with Crippen LogP contribution >= 0.6 is 0 Å². The maximum absolute atomic E-state index is 11.9. The van der Waals surface area contributed by atoms with Gasteiger partial charge in [-0.2, -0.15) is 0 Å². The molecule has 0 saturated carbocycles. The Bertz CT molecular complexity index is 626. The summed E-state index contributed by atoms with van der Waals surface area (Å²) in [7, 11) is -3.18. The Hall–Kier alpha value is -1.62. The smallest absolute Gasteiger partial charge is 0.224 e. The van der Waals surface area contributed by atoms with Crippen LogP contribution in [0, 0.1) is 13.8 Å². The molecule has 1 aliphatic rings. The normalized spacial score (nSPS) is 20.5. The number of benzene rings is 1. The topological polar surface area (TPSA) is 54.5 Å². The van der Waals surface area contributed by atoms with Gasteiger partial charge in [-0.05, 0) is 43.2 Å². The Kier molecular flexibility index (Phi) is 3.49. The molecule has 1 aromatic rings. The fourth-order valence-electron chi connectivity index (χ4n) is 2.42. The van der Waals surface area contributed by atoms with Crippen molar-refractivity contribution in [3.05, 3.63) is 40.8 Å². The Balaban J connectivity index is 2.42. The summed E-state index contributed by atoms with van der Waals surface area (Å²) in [6, 6.07) is 5.40. The lowest BCUT2D eigenvalue weighted by molar-refractivity contribution is -0.116. The number of hydrogen-bond donors (Lipinski definition) is 0. The Morgan fingerprint density at radius 1 is 1.21 bits per heavy atom. The number of carbonyl (C=O) groups excluding carboxylic acids is 1.